The van der Waals surface area contributed by atoms with E-state index in [-0.39, 0.29) is 5.91 Å². The van der Waals surface area contributed by atoms with Crippen molar-refractivity contribution in [3.63, 3.8) is 0 Å². The summed E-state index contributed by atoms with van der Waals surface area (Å²) in [5, 5.41) is 2.45. The molecule has 0 fully saturated rings. The molecular formula is C25H22N2O2S. The number of rotatable bonds is 8. The molecule has 1 amide bonds. The Kier molecular flexibility index (Phi) is 6.52. The zero-order valence-electron chi connectivity index (χ0n) is 16.5. The van der Waals surface area contributed by atoms with Gasteiger partial charge in [-0.05, 0) is 41.8 Å². The van der Waals surface area contributed by atoms with Gasteiger partial charge in [0.2, 0.25) is 0 Å². The maximum absolute atomic E-state index is 13.3. The molecule has 0 aliphatic heterocycles. The van der Waals surface area contributed by atoms with Gasteiger partial charge in [-0.15, -0.1) is 0 Å². The largest absolute Gasteiger partial charge is 0.431 e. The van der Waals surface area contributed by atoms with Crippen LogP contribution in [0.2, 0.25) is 0 Å². The maximum atomic E-state index is 13.3. The molecule has 0 atom stereocenters. The lowest BCUT2D eigenvalue weighted by Gasteiger charge is -2.23. The second kappa shape index (κ2) is 9.85. The zero-order valence-corrected chi connectivity index (χ0v) is 17.3. The molecule has 150 valence electrons. The normalized spacial score (nSPS) is 10.5. The standard InChI is InChI=1S/C25H22N2O2S/c28-24(22-11-13-23(14-12-22)29-25-26-16-18-30-25)27(19-21-9-5-2-6-10-21)17-15-20-7-3-1-4-8-20/h1-14,16,18H,15,17,19H2. The summed E-state index contributed by atoms with van der Waals surface area (Å²) >= 11 is 1.43. The lowest BCUT2D eigenvalue weighted by atomic mass is 10.1. The van der Waals surface area contributed by atoms with Gasteiger partial charge in [-0.2, -0.15) is 0 Å². The van der Waals surface area contributed by atoms with Crippen molar-refractivity contribution in [1.82, 2.24) is 9.88 Å². The fraction of sp³-hybridized carbons (Fsp3) is 0.120. The van der Waals surface area contributed by atoms with E-state index in [1.165, 1.54) is 16.9 Å². The molecule has 4 rings (SSSR count). The van der Waals surface area contributed by atoms with E-state index in [0.717, 1.165) is 12.0 Å². The third kappa shape index (κ3) is 5.33. The van der Waals surface area contributed by atoms with E-state index in [4.69, 9.17) is 4.74 Å². The van der Waals surface area contributed by atoms with Crippen LogP contribution in [0.15, 0.2) is 96.5 Å². The van der Waals surface area contributed by atoms with Crippen LogP contribution in [-0.2, 0) is 13.0 Å². The fourth-order valence-electron chi connectivity index (χ4n) is 3.17. The molecule has 4 nitrogen and oxygen atoms in total. The van der Waals surface area contributed by atoms with Crippen molar-refractivity contribution in [2.24, 2.45) is 0 Å². The predicted octanol–water partition coefficient (Wildman–Crippen LogP) is 5.82. The Balaban J connectivity index is 1.48. The van der Waals surface area contributed by atoms with Crippen molar-refractivity contribution in [1.29, 1.82) is 0 Å². The minimum Gasteiger partial charge on any atom is -0.431 e. The minimum absolute atomic E-state index is 0.00980. The first-order chi connectivity index (χ1) is 14.8. The number of carbonyl (C=O) groups excluding carboxylic acids is 1. The van der Waals surface area contributed by atoms with Gasteiger partial charge in [0, 0.05) is 30.2 Å². The van der Waals surface area contributed by atoms with Crippen LogP contribution >= 0.6 is 11.3 Å². The summed E-state index contributed by atoms with van der Waals surface area (Å²) in [7, 11) is 0. The number of hydrogen-bond donors (Lipinski definition) is 0. The van der Waals surface area contributed by atoms with Gasteiger partial charge in [0.1, 0.15) is 5.75 Å². The lowest BCUT2D eigenvalue weighted by Crippen LogP contribution is -2.32. The first kappa shape index (κ1) is 19.9. The molecule has 5 heteroatoms. The average Bonchev–Trinajstić information content (AvgIpc) is 3.31. The molecule has 0 aliphatic rings. The number of ether oxygens (including phenoxy) is 1. The van der Waals surface area contributed by atoms with Crippen molar-refractivity contribution in [2.75, 3.05) is 6.54 Å². The van der Waals surface area contributed by atoms with Gasteiger partial charge in [-0.25, -0.2) is 4.98 Å². The lowest BCUT2D eigenvalue weighted by molar-refractivity contribution is 0.0745. The topological polar surface area (TPSA) is 42.4 Å². The van der Waals surface area contributed by atoms with Crippen molar-refractivity contribution in [3.8, 4) is 10.9 Å². The highest BCUT2D eigenvalue weighted by molar-refractivity contribution is 7.11. The Hall–Kier alpha value is -3.44. The number of amides is 1. The van der Waals surface area contributed by atoms with E-state index in [2.05, 4.69) is 17.1 Å². The smallest absolute Gasteiger partial charge is 0.278 e. The molecule has 0 aliphatic carbocycles. The van der Waals surface area contributed by atoms with Crippen LogP contribution < -0.4 is 4.74 Å². The van der Waals surface area contributed by atoms with Gasteiger partial charge in [0.15, 0.2) is 0 Å². The minimum atomic E-state index is 0.00980. The Morgan fingerprint density at radius 1 is 0.867 bits per heavy atom. The quantitative estimate of drug-likeness (QED) is 0.365. The van der Waals surface area contributed by atoms with Crippen LogP contribution in [0, 0.1) is 0 Å². The van der Waals surface area contributed by atoms with Gasteiger partial charge < -0.3 is 9.64 Å². The summed E-state index contributed by atoms with van der Waals surface area (Å²) in [6.45, 7) is 1.22. The molecule has 0 unspecified atom stereocenters. The Morgan fingerprint density at radius 2 is 1.53 bits per heavy atom. The highest BCUT2D eigenvalue weighted by Gasteiger charge is 2.16. The van der Waals surface area contributed by atoms with E-state index < -0.39 is 0 Å². The van der Waals surface area contributed by atoms with Crippen LogP contribution in [0.3, 0.4) is 0 Å². The van der Waals surface area contributed by atoms with Gasteiger partial charge in [-0.3, -0.25) is 4.79 Å². The molecule has 1 aromatic heterocycles. The second-order valence-corrected chi connectivity index (χ2v) is 7.73. The van der Waals surface area contributed by atoms with Crippen LogP contribution in [0.1, 0.15) is 21.5 Å². The number of thiazole rings is 1. The van der Waals surface area contributed by atoms with Gasteiger partial charge in [-0.1, -0.05) is 72.0 Å². The van der Waals surface area contributed by atoms with Crippen molar-refractivity contribution in [3.05, 3.63) is 113 Å². The van der Waals surface area contributed by atoms with E-state index in [9.17, 15) is 4.79 Å². The number of carbonyl (C=O) groups is 1. The van der Waals surface area contributed by atoms with E-state index in [1.54, 1.807) is 6.20 Å². The molecular weight excluding hydrogens is 392 g/mol. The predicted molar refractivity (Wildman–Crippen MR) is 120 cm³/mol. The molecule has 0 radical (unpaired) electrons. The molecule has 0 saturated carbocycles. The molecule has 0 saturated heterocycles. The van der Waals surface area contributed by atoms with Gasteiger partial charge >= 0.3 is 0 Å². The van der Waals surface area contributed by atoms with Crippen LogP contribution in [0.4, 0.5) is 0 Å². The molecule has 1 heterocycles. The first-order valence-corrected chi connectivity index (χ1v) is 10.7. The fourth-order valence-corrected chi connectivity index (χ4v) is 3.68. The number of nitrogens with zero attached hydrogens (tertiary/aromatic N) is 2. The molecule has 3 aromatic carbocycles. The van der Waals surface area contributed by atoms with Crippen LogP contribution in [0.25, 0.3) is 0 Å². The number of aromatic nitrogens is 1. The van der Waals surface area contributed by atoms with Crippen LogP contribution in [-0.4, -0.2) is 22.3 Å². The Labute approximate surface area is 180 Å². The summed E-state index contributed by atoms with van der Waals surface area (Å²) in [6, 6.07) is 27.6. The average molecular weight is 415 g/mol. The highest BCUT2D eigenvalue weighted by atomic mass is 32.1. The van der Waals surface area contributed by atoms with Gasteiger partial charge in [0.25, 0.3) is 11.1 Å². The first-order valence-electron chi connectivity index (χ1n) is 9.82. The molecule has 0 spiro atoms. The van der Waals surface area contributed by atoms with Crippen molar-refractivity contribution < 1.29 is 9.53 Å². The zero-order chi connectivity index (χ0) is 20.6. The third-order valence-electron chi connectivity index (χ3n) is 4.73. The van der Waals surface area contributed by atoms with Crippen LogP contribution in [0.5, 0.6) is 10.9 Å². The SMILES string of the molecule is O=C(c1ccc(Oc2nccs2)cc1)N(CCc1ccccc1)Cc1ccccc1. The molecule has 4 aromatic rings. The number of benzene rings is 3. The Morgan fingerprint density at radius 3 is 2.17 bits per heavy atom. The summed E-state index contributed by atoms with van der Waals surface area (Å²) in [5.74, 6) is 0.677. The van der Waals surface area contributed by atoms with Crippen molar-refractivity contribution in [2.45, 2.75) is 13.0 Å². The maximum Gasteiger partial charge on any atom is 0.278 e. The molecule has 30 heavy (non-hydrogen) atoms. The molecule has 0 N–H and O–H groups in total. The summed E-state index contributed by atoms with van der Waals surface area (Å²) in [5.41, 5.74) is 2.98. The highest BCUT2D eigenvalue weighted by Crippen LogP contribution is 2.24. The second-order valence-electron chi connectivity index (χ2n) is 6.87. The third-order valence-corrected chi connectivity index (χ3v) is 5.38. The summed E-state index contributed by atoms with van der Waals surface area (Å²) in [4.78, 5) is 19.3. The number of hydrogen-bond acceptors (Lipinski definition) is 4. The Bertz CT molecular complexity index is 1050. The van der Waals surface area contributed by atoms with Crippen molar-refractivity contribution >= 4 is 17.2 Å². The molecule has 0 bridgehead atoms. The monoisotopic (exact) mass is 414 g/mol. The van der Waals surface area contributed by atoms with E-state index in [1.807, 2.05) is 83.1 Å². The van der Waals surface area contributed by atoms with E-state index >= 15 is 0 Å². The van der Waals surface area contributed by atoms with Gasteiger partial charge in [0.05, 0.1) is 0 Å². The van der Waals surface area contributed by atoms with E-state index in [0.29, 0.717) is 29.6 Å². The summed E-state index contributed by atoms with van der Waals surface area (Å²) in [6.07, 6.45) is 2.51. The summed E-state index contributed by atoms with van der Waals surface area (Å²) < 4.78 is 5.70.